The quantitative estimate of drug-likeness (QED) is 0.380. The molecule has 0 radical (unpaired) electrons. The molecule has 31 heavy (non-hydrogen) atoms. The molecule has 0 spiro atoms. The highest BCUT2D eigenvalue weighted by atomic mass is 16.5. The molecule has 0 bridgehead atoms. The van der Waals surface area contributed by atoms with Crippen molar-refractivity contribution in [2.75, 3.05) is 21.3 Å². The van der Waals surface area contributed by atoms with E-state index >= 15 is 0 Å². The Morgan fingerprint density at radius 1 is 0.742 bits per heavy atom. The minimum absolute atomic E-state index is 0.483. The summed E-state index contributed by atoms with van der Waals surface area (Å²) in [6.45, 7) is 3.11. The van der Waals surface area contributed by atoms with Gasteiger partial charge in [0.05, 0.1) is 34.1 Å². The van der Waals surface area contributed by atoms with Gasteiger partial charge in [-0.2, -0.15) is 5.10 Å². The summed E-state index contributed by atoms with van der Waals surface area (Å²) in [6.07, 6.45) is 1.74. The van der Waals surface area contributed by atoms with Crippen LogP contribution in [-0.4, -0.2) is 27.5 Å². The lowest BCUT2D eigenvalue weighted by Crippen LogP contribution is -2.06. The van der Waals surface area contributed by atoms with Crippen LogP contribution in [0.5, 0.6) is 23.0 Å². The third kappa shape index (κ3) is 6.15. The lowest BCUT2D eigenvalue weighted by atomic mass is 10.2. The number of hydrazone groups is 1. The van der Waals surface area contributed by atoms with E-state index in [0.717, 1.165) is 16.7 Å². The molecule has 0 saturated carbocycles. The molecule has 0 aromatic heterocycles. The Hall–Kier alpha value is -3.67. The summed E-state index contributed by atoms with van der Waals surface area (Å²) >= 11 is 0. The summed E-state index contributed by atoms with van der Waals surface area (Å²) in [4.78, 5) is 0. The van der Waals surface area contributed by atoms with E-state index in [0.29, 0.717) is 36.1 Å². The summed E-state index contributed by atoms with van der Waals surface area (Å²) in [7, 11) is 4.87. The monoisotopic (exact) mass is 420 g/mol. The molecule has 0 heterocycles. The van der Waals surface area contributed by atoms with Gasteiger partial charge in [-0.3, -0.25) is 0 Å². The molecule has 0 fully saturated rings. The van der Waals surface area contributed by atoms with E-state index in [4.69, 9.17) is 18.9 Å². The van der Waals surface area contributed by atoms with Crippen LogP contribution in [0.3, 0.4) is 0 Å². The average molecular weight is 421 g/mol. The zero-order valence-corrected chi connectivity index (χ0v) is 18.3. The first-order chi connectivity index (χ1) is 15.1. The highest BCUT2D eigenvalue weighted by molar-refractivity contribution is 5.80. The van der Waals surface area contributed by atoms with E-state index in [-0.39, 0.29) is 0 Å². The minimum atomic E-state index is 0.483. The van der Waals surface area contributed by atoms with Crippen molar-refractivity contribution < 1.29 is 18.9 Å². The number of nitrogens with zero attached hydrogens (tertiary/aromatic N) is 1. The maximum absolute atomic E-state index is 5.93. The van der Waals surface area contributed by atoms with Gasteiger partial charge in [-0.25, -0.2) is 0 Å². The third-order valence-corrected chi connectivity index (χ3v) is 4.74. The molecular formula is C25H28N2O4. The van der Waals surface area contributed by atoms with Crippen LogP contribution >= 0.6 is 0 Å². The van der Waals surface area contributed by atoms with Crippen molar-refractivity contribution in [3.05, 3.63) is 82.9 Å². The lowest BCUT2D eigenvalue weighted by molar-refractivity contribution is 0.284. The number of hydrogen-bond donors (Lipinski definition) is 1. The second-order valence-corrected chi connectivity index (χ2v) is 6.97. The number of rotatable bonds is 10. The molecule has 1 N–H and O–H groups in total. The van der Waals surface area contributed by atoms with Gasteiger partial charge in [-0.05, 0) is 53.9 Å². The van der Waals surface area contributed by atoms with Crippen LogP contribution in [0.15, 0.2) is 65.8 Å². The topological polar surface area (TPSA) is 61.3 Å². The summed E-state index contributed by atoms with van der Waals surface area (Å²) < 4.78 is 22.0. The van der Waals surface area contributed by atoms with Gasteiger partial charge in [0.2, 0.25) is 0 Å². The van der Waals surface area contributed by atoms with Gasteiger partial charge < -0.3 is 24.4 Å². The van der Waals surface area contributed by atoms with E-state index in [1.807, 2.05) is 36.4 Å². The molecule has 162 valence electrons. The normalized spacial score (nSPS) is 10.7. The molecule has 0 aliphatic heterocycles. The first-order valence-electron chi connectivity index (χ1n) is 9.96. The Morgan fingerprint density at radius 2 is 1.39 bits per heavy atom. The number of nitrogens with one attached hydrogen (secondary N) is 1. The Labute approximate surface area is 183 Å². The summed E-state index contributed by atoms with van der Waals surface area (Å²) in [5.41, 5.74) is 7.32. The Morgan fingerprint density at radius 3 is 2.10 bits per heavy atom. The molecule has 0 atom stereocenters. The predicted molar refractivity (Wildman–Crippen MR) is 122 cm³/mol. The molecular weight excluding hydrogens is 392 g/mol. The zero-order chi connectivity index (χ0) is 22.1. The molecule has 3 aromatic rings. The van der Waals surface area contributed by atoms with Gasteiger partial charge in [0.1, 0.15) is 6.61 Å². The van der Waals surface area contributed by atoms with Crippen LogP contribution in [0.2, 0.25) is 0 Å². The standard InChI is InChI=1S/C25H28N2O4/c1-18-5-7-19(8-6-18)17-31-23-12-10-21(14-25(23)30-4)16-27-26-15-20-9-11-22(28-2)24(13-20)29-3/h5-14,16,26H,15,17H2,1-4H3/b27-16-. The molecule has 0 amide bonds. The van der Waals surface area contributed by atoms with Crippen molar-refractivity contribution in [1.82, 2.24) is 5.43 Å². The number of ether oxygens (including phenoxy) is 4. The summed E-state index contributed by atoms with van der Waals surface area (Å²) in [6, 6.07) is 19.8. The van der Waals surface area contributed by atoms with E-state index in [2.05, 4.69) is 41.7 Å². The highest BCUT2D eigenvalue weighted by Gasteiger charge is 2.06. The number of benzene rings is 3. The van der Waals surface area contributed by atoms with Crippen molar-refractivity contribution in [3.8, 4) is 23.0 Å². The van der Waals surface area contributed by atoms with Crippen LogP contribution in [0.1, 0.15) is 22.3 Å². The molecule has 3 aromatic carbocycles. The second-order valence-electron chi connectivity index (χ2n) is 6.97. The van der Waals surface area contributed by atoms with Crippen LogP contribution in [0, 0.1) is 6.92 Å². The van der Waals surface area contributed by atoms with Crippen LogP contribution in [0.4, 0.5) is 0 Å². The Balaban J connectivity index is 1.57. The van der Waals surface area contributed by atoms with Crippen molar-refractivity contribution in [1.29, 1.82) is 0 Å². The first-order valence-corrected chi connectivity index (χ1v) is 9.96. The largest absolute Gasteiger partial charge is 0.493 e. The SMILES string of the molecule is COc1ccc(CN/N=C\c2ccc(OCc3ccc(C)cc3)c(OC)c2)cc1OC. The van der Waals surface area contributed by atoms with Crippen molar-refractivity contribution in [3.63, 3.8) is 0 Å². The second kappa shape index (κ2) is 10.9. The number of methoxy groups -OCH3 is 3. The summed E-state index contributed by atoms with van der Waals surface area (Å²) in [5, 5.41) is 4.30. The lowest BCUT2D eigenvalue weighted by Gasteiger charge is -2.11. The van der Waals surface area contributed by atoms with Crippen molar-refractivity contribution in [2.24, 2.45) is 5.10 Å². The fraction of sp³-hybridized carbons (Fsp3) is 0.240. The zero-order valence-electron chi connectivity index (χ0n) is 18.3. The van der Waals surface area contributed by atoms with E-state index in [1.165, 1.54) is 5.56 Å². The molecule has 0 saturated heterocycles. The van der Waals surface area contributed by atoms with Gasteiger partial charge in [0.25, 0.3) is 0 Å². The Bertz CT molecular complexity index is 1020. The number of hydrogen-bond acceptors (Lipinski definition) is 6. The van der Waals surface area contributed by atoms with Crippen LogP contribution in [-0.2, 0) is 13.2 Å². The van der Waals surface area contributed by atoms with Gasteiger partial charge in [0.15, 0.2) is 23.0 Å². The predicted octanol–water partition coefficient (Wildman–Crippen LogP) is 4.72. The first kappa shape index (κ1) is 22.0. The fourth-order valence-corrected chi connectivity index (χ4v) is 2.98. The maximum Gasteiger partial charge on any atom is 0.161 e. The maximum atomic E-state index is 5.93. The fourth-order valence-electron chi connectivity index (χ4n) is 2.98. The number of aryl methyl sites for hydroxylation is 1. The third-order valence-electron chi connectivity index (χ3n) is 4.74. The smallest absolute Gasteiger partial charge is 0.161 e. The van der Waals surface area contributed by atoms with Gasteiger partial charge in [-0.1, -0.05) is 35.9 Å². The highest BCUT2D eigenvalue weighted by Crippen LogP contribution is 2.29. The summed E-state index contributed by atoms with van der Waals surface area (Å²) in [5.74, 6) is 2.75. The molecule has 6 nitrogen and oxygen atoms in total. The van der Waals surface area contributed by atoms with Crippen molar-refractivity contribution in [2.45, 2.75) is 20.1 Å². The van der Waals surface area contributed by atoms with Crippen LogP contribution < -0.4 is 24.4 Å². The van der Waals surface area contributed by atoms with Crippen molar-refractivity contribution >= 4 is 6.21 Å². The molecule has 0 aliphatic carbocycles. The molecule has 6 heteroatoms. The molecule has 0 unspecified atom stereocenters. The molecule has 3 rings (SSSR count). The van der Waals surface area contributed by atoms with Gasteiger partial charge in [0, 0.05) is 0 Å². The van der Waals surface area contributed by atoms with E-state index in [1.54, 1.807) is 27.5 Å². The minimum Gasteiger partial charge on any atom is -0.493 e. The van der Waals surface area contributed by atoms with E-state index in [9.17, 15) is 0 Å². The average Bonchev–Trinajstić information content (AvgIpc) is 2.81. The van der Waals surface area contributed by atoms with E-state index < -0.39 is 0 Å². The Kier molecular flexibility index (Phi) is 7.76. The molecule has 0 aliphatic rings. The van der Waals surface area contributed by atoms with Gasteiger partial charge >= 0.3 is 0 Å². The van der Waals surface area contributed by atoms with Gasteiger partial charge in [-0.15, -0.1) is 0 Å². The van der Waals surface area contributed by atoms with Crippen LogP contribution in [0.25, 0.3) is 0 Å².